The molecule has 2 atom stereocenters. The Labute approximate surface area is 126 Å². The van der Waals surface area contributed by atoms with Crippen molar-refractivity contribution in [3.8, 4) is 0 Å². The lowest BCUT2D eigenvalue weighted by atomic mass is 9.63. The topological polar surface area (TPSA) is 0 Å². The van der Waals surface area contributed by atoms with Gasteiger partial charge in [-0.2, -0.15) is 0 Å². The van der Waals surface area contributed by atoms with Crippen molar-refractivity contribution in [3.05, 3.63) is 34.4 Å². The molecule has 2 aliphatic carbocycles. The average Bonchev–Trinajstić information content (AvgIpc) is 2.41. The molecule has 2 bridgehead atoms. The molecule has 0 fully saturated rings. The lowest BCUT2D eigenvalue weighted by Gasteiger charge is -2.42. The van der Waals surface area contributed by atoms with Crippen LogP contribution < -0.4 is 0 Å². The molecule has 2 rings (SSSR count). The van der Waals surface area contributed by atoms with E-state index < -0.39 is 0 Å². The number of rotatable bonds is 0. The first-order valence-corrected chi connectivity index (χ1v) is 8.44. The zero-order chi connectivity index (χ0) is 14.8. The normalized spacial score (nSPS) is 38.1. The minimum Gasteiger partial charge on any atom is -0.0853 e. The molecule has 0 aromatic heterocycles. The molecule has 112 valence electrons. The largest absolute Gasteiger partial charge is 0.0853 e. The Kier molecular flexibility index (Phi) is 4.94. The Hall–Kier alpha value is -0.780. The van der Waals surface area contributed by atoms with Crippen molar-refractivity contribution >= 4 is 0 Å². The maximum atomic E-state index is 2.52. The Morgan fingerprint density at radius 3 is 2.40 bits per heavy atom. The predicted molar refractivity (Wildman–Crippen MR) is 89.8 cm³/mol. The fourth-order valence-electron chi connectivity index (χ4n) is 3.82. The van der Waals surface area contributed by atoms with Crippen LogP contribution in [0.2, 0.25) is 0 Å². The van der Waals surface area contributed by atoms with E-state index in [9.17, 15) is 0 Å². The molecular weight excluding hydrogens is 240 g/mol. The molecule has 0 aromatic carbocycles. The van der Waals surface area contributed by atoms with Crippen molar-refractivity contribution in [2.75, 3.05) is 0 Å². The third-order valence-electron chi connectivity index (χ3n) is 6.08. The summed E-state index contributed by atoms with van der Waals surface area (Å²) in [4.78, 5) is 0. The van der Waals surface area contributed by atoms with E-state index >= 15 is 0 Å². The number of hydrogen-bond donors (Lipinski definition) is 0. The monoisotopic (exact) mass is 272 g/mol. The number of fused-ring (bicyclic) bond motifs is 1. The third kappa shape index (κ3) is 3.27. The summed E-state index contributed by atoms with van der Waals surface area (Å²) in [7, 11) is 0. The summed E-state index contributed by atoms with van der Waals surface area (Å²) in [5.74, 6) is 0.815. The summed E-state index contributed by atoms with van der Waals surface area (Å²) in [5, 5.41) is 0. The Morgan fingerprint density at radius 1 is 0.950 bits per heavy atom. The van der Waals surface area contributed by atoms with Crippen molar-refractivity contribution in [1.29, 1.82) is 0 Å². The van der Waals surface area contributed by atoms with Crippen LogP contribution in [0.5, 0.6) is 0 Å². The molecule has 2 aliphatic rings. The van der Waals surface area contributed by atoms with Gasteiger partial charge in [0.2, 0.25) is 0 Å². The van der Waals surface area contributed by atoms with Gasteiger partial charge in [-0.15, -0.1) is 0 Å². The summed E-state index contributed by atoms with van der Waals surface area (Å²) in [6.07, 6.45) is 13.9. The second-order valence-corrected chi connectivity index (χ2v) is 7.43. The molecule has 0 saturated heterocycles. The van der Waals surface area contributed by atoms with E-state index in [0.29, 0.717) is 5.41 Å². The van der Waals surface area contributed by atoms with E-state index in [1.807, 2.05) is 0 Å². The second kappa shape index (κ2) is 6.33. The van der Waals surface area contributed by atoms with E-state index in [4.69, 9.17) is 0 Å². The molecule has 0 saturated carbocycles. The molecule has 0 radical (unpaired) electrons. The van der Waals surface area contributed by atoms with Gasteiger partial charge in [-0.1, -0.05) is 48.3 Å². The van der Waals surface area contributed by atoms with Gasteiger partial charge in [0.25, 0.3) is 0 Å². The van der Waals surface area contributed by atoms with Crippen molar-refractivity contribution in [2.24, 2.45) is 11.3 Å². The van der Waals surface area contributed by atoms with Crippen molar-refractivity contribution in [2.45, 2.75) is 79.6 Å². The molecule has 0 aliphatic heterocycles. The highest BCUT2D eigenvalue weighted by Crippen LogP contribution is 2.48. The van der Waals surface area contributed by atoms with Gasteiger partial charge < -0.3 is 0 Å². The summed E-state index contributed by atoms with van der Waals surface area (Å²) in [6, 6.07) is 0. The van der Waals surface area contributed by atoms with Crippen molar-refractivity contribution in [3.63, 3.8) is 0 Å². The minimum absolute atomic E-state index is 0.395. The van der Waals surface area contributed by atoms with E-state index in [1.165, 1.54) is 44.9 Å². The molecule has 0 spiro atoms. The molecule has 0 aromatic rings. The van der Waals surface area contributed by atoms with Gasteiger partial charge in [0.1, 0.15) is 0 Å². The van der Waals surface area contributed by atoms with E-state index in [1.54, 1.807) is 22.3 Å². The first-order valence-electron chi connectivity index (χ1n) is 8.44. The van der Waals surface area contributed by atoms with Crippen molar-refractivity contribution in [1.82, 2.24) is 0 Å². The van der Waals surface area contributed by atoms with Gasteiger partial charge >= 0.3 is 0 Å². The fourth-order valence-corrected chi connectivity index (χ4v) is 3.82. The van der Waals surface area contributed by atoms with E-state index in [0.717, 1.165) is 5.92 Å². The van der Waals surface area contributed by atoms with Crippen LogP contribution in [0.3, 0.4) is 0 Å². The predicted octanol–water partition coefficient (Wildman–Crippen LogP) is 6.60. The van der Waals surface area contributed by atoms with E-state index in [2.05, 4.69) is 46.8 Å². The molecule has 0 N–H and O–H groups in total. The van der Waals surface area contributed by atoms with Crippen LogP contribution in [0.1, 0.15) is 79.6 Å². The molecule has 0 heteroatoms. The summed E-state index contributed by atoms with van der Waals surface area (Å²) in [6.45, 7) is 12.0. The first kappa shape index (κ1) is 15.6. The summed E-state index contributed by atoms with van der Waals surface area (Å²) < 4.78 is 0. The zero-order valence-corrected chi connectivity index (χ0v) is 14.2. The van der Waals surface area contributed by atoms with Gasteiger partial charge in [-0.3, -0.25) is 0 Å². The SMILES string of the molecule is CC1=C2CC/C(C)=C/CC/C(C)=C/C[C@@]1(C)[C@H](C)CC2. The van der Waals surface area contributed by atoms with Crippen LogP contribution >= 0.6 is 0 Å². The minimum atomic E-state index is 0.395. The van der Waals surface area contributed by atoms with Crippen LogP contribution in [0.15, 0.2) is 34.4 Å². The Bertz CT molecular complexity index is 447. The molecule has 0 amide bonds. The Morgan fingerprint density at radius 2 is 1.65 bits per heavy atom. The van der Waals surface area contributed by atoms with Gasteiger partial charge in [0.05, 0.1) is 0 Å². The highest BCUT2D eigenvalue weighted by Gasteiger charge is 2.36. The number of allylic oxidation sites excluding steroid dienone is 6. The third-order valence-corrected chi connectivity index (χ3v) is 6.08. The second-order valence-electron chi connectivity index (χ2n) is 7.43. The van der Waals surface area contributed by atoms with Crippen LogP contribution in [0.25, 0.3) is 0 Å². The zero-order valence-electron chi connectivity index (χ0n) is 14.2. The van der Waals surface area contributed by atoms with Crippen LogP contribution in [-0.4, -0.2) is 0 Å². The molecule has 20 heavy (non-hydrogen) atoms. The molecule has 0 unspecified atom stereocenters. The average molecular weight is 272 g/mol. The molecular formula is C20H32. The molecule has 0 heterocycles. The maximum Gasteiger partial charge on any atom is -0.00562 e. The summed E-state index contributed by atoms with van der Waals surface area (Å²) >= 11 is 0. The quantitative estimate of drug-likeness (QED) is 0.436. The summed E-state index contributed by atoms with van der Waals surface area (Å²) in [5.41, 5.74) is 7.01. The first-order chi connectivity index (χ1) is 9.43. The lowest BCUT2D eigenvalue weighted by Crippen LogP contribution is -2.31. The van der Waals surface area contributed by atoms with Gasteiger partial charge in [0.15, 0.2) is 0 Å². The van der Waals surface area contributed by atoms with Gasteiger partial charge in [-0.25, -0.2) is 0 Å². The van der Waals surface area contributed by atoms with Gasteiger partial charge in [0, 0.05) is 0 Å². The fraction of sp³-hybridized carbons (Fsp3) is 0.700. The van der Waals surface area contributed by atoms with Gasteiger partial charge in [-0.05, 0) is 77.0 Å². The highest BCUT2D eigenvalue weighted by molar-refractivity contribution is 5.27. The van der Waals surface area contributed by atoms with Crippen LogP contribution in [0.4, 0.5) is 0 Å². The Balaban J connectivity index is 2.36. The number of hydrogen-bond acceptors (Lipinski definition) is 0. The standard InChI is InChI=1S/C20H32/c1-15-7-6-8-16(2)13-14-20(5)17(3)10-12-19(11-9-15)18(20)4/h7,13,17H,6,8-12,14H2,1-5H3/b15-7+,16-13+/t17-,20+/m1/s1. The maximum absolute atomic E-state index is 2.52. The van der Waals surface area contributed by atoms with Crippen LogP contribution in [-0.2, 0) is 0 Å². The molecule has 0 nitrogen and oxygen atoms in total. The van der Waals surface area contributed by atoms with Crippen molar-refractivity contribution < 1.29 is 0 Å². The van der Waals surface area contributed by atoms with E-state index in [-0.39, 0.29) is 0 Å². The smallest absolute Gasteiger partial charge is 0.00562 e. The lowest BCUT2D eigenvalue weighted by molar-refractivity contribution is 0.223. The highest BCUT2D eigenvalue weighted by atomic mass is 14.4. The van der Waals surface area contributed by atoms with Crippen LogP contribution in [0, 0.1) is 11.3 Å².